The Kier molecular flexibility index (Phi) is 7.52. The van der Waals surface area contributed by atoms with Crippen LogP contribution in [0.5, 0.6) is 0 Å². The maximum absolute atomic E-state index is 5.22. The van der Waals surface area contributed by atoms with Gasteiger partial charge in [0.25, 0.3) is 0 Å². The zero-order chi connectivity index (χ0) is 37.0. The number of nitrogens with zero attached hydrogens (tertiary/aromatic N) is 4. The van der Waals surface area contributed by atoms with Crippen molar-refractivity contribution < 1.29 is 0 Å². The van der Waals surface area contributed by atoms with E-state index in [4.69, 9.17) is 15.0 Å². The first-order valence-electron chi connectivity index (χ1n) is 19.1. The first-order chi connectivity index (χ1) is 27.7. The van der Waals surface area contributed by atoms with E-state index in [-0.39, 0.29) is 0 Å². The summed E-state index contributed by atoms with van der Waals surface area (Å²) in [5, 5.41) is 2.50. The van der Waals surface area contributed by atoms with E-state index in [2.05, 4.69) is 174 Å². The molecule has 10 aromatic rings. The molecule has 0 bridgehead atoms. The largest absolute Gasteiger partial charge is 0.309 e. The molecule has 0 saturated heterocycles. The summed E-state index contributed by atoms with van der Waals surface area (Å²) in [6.45, 7) is 0. The van der Waals surface area contributed by atoms with Crippen molar-refractivity contribution in [2.24, 2.45) is 0 Å². The average Bonchev–Trinajstić information content (AvgIpc) is 3.82. The van der Waals surface area contributed by atoms with Crippen molar-refractivity contribution in [3.63, 3.8) is 0 Å². The highest BCUT2D eigenvalue weighted by molar-refractivity contribution is 6.10. The zero-order valence-corrected chi connectivity index (χ0v) is 30.5. The van der Waals surface area contributed by atoms with Crippen LogP contribution in [-0.2, 0) is 6.42 Å². The minimum Gasteiger partial charge on any atom is -0.309 e. The monoisotopic (exact) mass is 714 g/mol. The molecule has 11 rings (SSSR count). The Labute approximate surface area is 325 Å². The van der Waals surface area contributed by atoms with Crippen molar-refractivity contribution in [1.29, 1.82) is 0 Å². The van der Waals surface area contributed by atoms with Crippen LogP contribution in [-0.4, -0.2) is 19.5 Å². The lowest BCUT2D eigenvalue weighted by Crippen LogP contribution is -2.01. The van der Waals surface area contributed by atoms with Crippen molar-refractivity contribution in [2.75, 3.05) is 0 Å². The SMILES string of the molecule is c1ccc(-c2cccc(-c3nc(-c4ccccc4)nc(-c4cccc5c4-c4ccc(-n6c7ccccc7c7ccc(-c8ccccc8)cc76)cc4C5)n3)c2)cc1. The second-order valence-electron chi connectivity index (χ2n) is 14.4. The van der Waals surface area contributed by atoms with Crippen molar-refractivity contribution in [3.8, 4) is 73.2 Å². The van der Waals surface area contributed by atoms with Crippen LogP contribution in [0.4, 0.5) is 0 Å². The van der Waals surface area contributed by atoms with Crippen LogP contribution >= 0.6 is 0 Å². The Morgan fingerprint density at radius 1 is 0.339 bits per heavy atom. The third-order valence-corrected chi connectivity index (χ3v) is 11.1. The molecule has 2 heterocycles. The molecule has 1 aliphatic carbocycles. The van der Waals surface area contributed by atoms with Gasteiger partial charge in [0.05, 0.1) is 11.0 Å². The predicted octanol–water partition coefficient (Wildman–Crippen LogP) is 12.9. The second kappa shape index (κ2) is 13.2. The van der Waals surface area contributed by atoms with Crippen molar-refractivity contribution in [2.45, 2.75) is 6.42 Å². The number of hydrogen-bond acceptors (Lipinski definition) is 3. The van der Waals surface area contributed by atoms with Gasteiger partial charge in [0.1, 0.15) is 0 Å². The molecule has 2 aromatic heterocycles. The van der Waals surface area contributed by atoms with E-state index >= 15 is 0 Å². The third kappa shape index (κ3) is 5.42. The average molecular weight is 715 g/mol. The van der Waals surface area contributed by atoms with Crippen LogP contribution < -0.4 is 0 Å². The van der Waals surface area contributed by atoms with Gasteiger partial charge in [-0.25, -0.2) is 15.0 Å². The van der Waals surface area contributed by atoms with Gasteiger partial charge < -0.3 is 4.57 Å². The summed E-state index contributed by atoms with van der Waals surface area (Å²) in [4.78, 5) is 15.4. The first kappa shape index (κ1) is 32.0. The van der Waals surface area contributed by atoms with E-state index in [1.807, 2.05) is 24.3 Å². The molecule has 8 aromatic carbocycles. The standard InChI is InChI=1S/C52H34N4/c1-4-14-34(15-5-1)37-20-12-22-40(30-37)51-53-50(36-18-8-3-9-19-36)54-52(55-51)46-24-13-21-39-31-41-32-42(27-29-43(41)49(39)46)56-47-25-11-10-23-44(47)45-28-26-38(33-48(45)56)35-16-6-2-7-17-35/h1-30,32-33H,31H2. The minimum atomic E-state index is 0.652. The van der Waals surface area contributed by atoms with Crippen molar-refractivity contribution >= 4 is 21.8 Å². The van der Waals surface area contributed by atoms with Crippen LogP contribution in [0.2, 0.25) is 0 Å². The molecule has 0 fully saturated rings. The maximum Gasteiger partial charge on any atom is 0.164 e. The second-order valence-corrected chi connectivity index (χ2v) is 14.4. The van der Waals surface area contributed by atoms with E-state index in [0.29, 0.717) is 17.5 Å². The summed E-state index contributed by atoms with van der Waals surface area (Å²) in [7, 11) is 0. The quantitative estimate of drug-likeness (QED) is 0.172. The summed E-state index contributed by atoms with van der Waals surface area (Å²) >= 11 is 0. The van der Waals surface area contributed by atoms with E-state index in [0.717, 1.165) is 39.9 Å². The molecule has 0 spiro atoms. The van der Waals surface area contributed by atoms with Gasteiger partial charge in [-0.2, -0.15) is 0 Å². The molecule has 0 saturated carbocycles. The van der Waals surface area contributed by atoms with Gasteiger partial charge in [0.15, 0.2) is 17.5 Å². The van der Waals surface area contributed by atoms with Crippen LogP contribution in [0, 0.1) is 0 Å². The molecule has 0 N–H and O–H groups in total. The van der Waals surface area contributed by atoms with Crippen LogP contribution in [0.1, 0.15) is 11.1 Å². The Morgan fingerprint density at radius 3 is 1.70 bits per heavy atom. The molecular formula is C52H34N4. The zero-order valence-electron chi connectivity index (χ0n) is 30.5. The maximum atomic E-state index is 5.22. The lowest BCUT2D eigenvalue weighted by Gasteiger charge is -2.13. The van der Waals surface area contributed by atoms with Crippen LogP contribution in [0.25, 0.3) is 95.0 Å². The number of para-hydroxylation sites is 1. The molecule has 4 nitrogen and oxygen atoms in total. The smallest absolute Gasteiger partial charge is 0.164 e. The lowest BCUT2D eigenvalue weighted by molar-refractivity contribution is 1.07. The molecule has 0 atom stereocenters. The summed E-state index contributed by atoms with van der Waals surface area (Å²) in [5.41, 5.74) is 16.1. The number of rotatable bonds is 6. The molecule has 1 aliphatic rings. The van der Waals surface area contributed by atoms with E-state index in [1.54, 1.807) is 0 Å². The Hall–Kier alpha value is -7.43. The number of fused-ring (bicyclic) bond motifs is 6. The van der Waals surface area contributed by atoms with Gasteiger partial charge in [0.2, 0.25) is 0 Å². The normalized spacial score (nSPS) is 11.9. The van der Waals surface area contributed by atoms with E-state index in [1.165, 1.54) is 55.2 Å². The summed E-state index contributed by atoms with van der Waals surface area (Å²) < 4.78 is 2.43. The fraction of sp³-hybridized carbons (Fsp3) is 0.0192. The molecule has 0 aliphatic heterocycles. The van der Waals surface area contributed by atoms with Crippen molar-refractivity contribution in [1.82, 2.24) is 19.5 Å². The highest BCUT2D eigenvalue weighted by Crippen LogP contribution is 2.44. The molecule has 0 unspecified atom stereocenters. The fourth-order valence-corrected chi connectivity index (χ4v) is 8.44. The van der Waals surface area contributed by atoms with E-state index in [9.17, 15) is 0 Å². The van der Waals surface area contributed by atoms with E-state index < -0.39 is 0 Å². The Bertz CT molecular complexity index is 3090. The highest BCUT2D eigenvalue weighted by atomic mass is 15.0. The summed E-state index contributed by atoms with van der Waals surface area (Å²) in [6, 6.07) is 68.8. The number of aromatic nitrogens is 4. The highest BCUT2D eigenvalue weighted by Gasteiger charge is 2.25. The third-order valence-electron chi connectivity index (χ3n) is 11.1. The van der Waals surface area contributed by atoms with Gasteiger partial charge in [-0.15, -0.1) is 0 Å². The molecule has 0 amide bonds. The van der Waals surface area contributed by atoms with Gasteiger partial charge in [-0.1, -0.05) is 164 Å². The molecular weight excluding hydrogens is 681 g/mol. The summed E-state index contributed by atoms with van der Waals surface area (Å²) in [6.07, 6.45) is 0.835. The predicted molar refractivity (Wildman–Crippen MR) is 230 cm³/mol. The number of benzene rings is 8. The minimum absolute atomic E-state index is 0.652. The van der Waals surface area contributed by atoms with Crippen LogP contribution in [0.3, 0.4) is 0 Å². The molecule has 262 valence electrons. The molecule has 4 heteroatoms. The number of hydrogen-bond donors (Lipinski definition) is 0. The van der Waals surface area contributed by atoms with Gasteiger partial charge >= 0.3 is 0 Å². The topological polar surface area (TPSA) is 43.6 Å². The lowest BCUT2D eigenvalue weighted by atomic mass is 9.98. The Morgan fingerprint density at radius 2 is 0.929 bits per heavy atom. The van der Waals surface area contributed by atoms with Gasteiger partial charge in [-0.3, -0.25) is 0 Å². The summed E-state index contributed by atoms with van der Waals surface area (Å²) in [5.74, 6) is 1.98. The Balaban J connectivity index is 1.05. The van der Waals surface area contributed by atoms with Crippen molar-refractivity contribution in [3.05, 3.63) is 205 Å². The molecule has 0 radical (unpaired) electrons. The first-order valence-corrected chi connectivity index (χ1v) is 19.1. The molecule has 56 heavy (non-hydrogen) atoms. The van der Waals surface area contributed by atoms with Gasteiger partial charge in [-0.05, 0) is 81.3 Å². The van der Waals surface area contributed by atoms with Gasteiger partial charge in [0, 0.05) is 33.2 Å². The van der Waals surface area contributed by atoms with Crippen LogP contribution in [0.15, 0.2) is 194 Å². The fourth-order valence-electron chi connectivity index (χ4n) is 8.44.